The van der Waals surface area contributed by atoms with Crippen LogP contribution in [0.25, 0.3) is 21.9 Å². The lowest BCUT2D eigenvalue weighted by molar-refractivity contribution is -0.120. The van der Waals surface area contributed by atoms with E-state index in [-0.39, 0.29) is 5.91 Å². The van der Waals surface area contributed by atoms with Crippen LogP contribution >= 0.6 is 0 Å². The van der Waals surface area contributed by atoms with E-state index in [1.807, 2.05) is 57.2 Å². The van der Waals surface area contributed by atoms with E-state index in [0.717, 1.165) is 17.5 Å². The lowest BCUT2D eigenvalue weighted by atomic mass is 10.0. The summed E-state index contributed by atoms with van der Waals surface area (Å²) in [4.78, 5) is 26.8. The predicted molar refractivity (Wildman–Crippen MR) is 124 cm³/mol. The molecule has 3 aromatic rings. The van der Waals surface area contributed by atoms with E-state index in [1.54, 1.807) is 0 Å². The largest absolute Gasteiger partial charge is 0.444 e. The number of nitrogens with zero attached hydrogens (tertiary/aromatic N) is 1. The molecule has 1 N–H and O–H groups in total. The van der Waals surface area contributed by atoms with Gasteiger partial charge in [0.1, 0.15) is 11.6 Å². The van der Waals surface area contributed by atoms with E-state index in [1.165, 1.54) is 15.7 Å². The molecule has 5 heteroatoms. The fraction of sp³-hybridized carbons (Fsp3) is 0.308. The Bertz CT molecular complexity index is 1100. The maximum absolute atomic E-state index is 12.8. The van der Waals surface area contributed by atoms with Crippen LogP contribution in [-0.4, -0.2) is 35.1 Å². The molecule has 5 nitrogen and oxygen atoms in total. The third kappa shape index (κ3) is 4.88. The molecule has 0 radical (unpaired) electrons. The zero-order valence-electron chi connectivity index (χ0n) is 18.2. The highest BCUT2D eigenvalue weighted by molar-refractivity contribution is 5.97. The average Bonchev–Trinajstić information content (AvgIpc) is 3.23. The molecule has 3 aromatic carbocycles. The molecule has 160 valence electrons. The lowest BCUT2D eigenvalue weighted by Crippen LogP contribution is -2.45. The molecule has 0 aromatic heterocycles. The molecule has 1 saturated heterocycles. The van der Waals surface area contributed by atoms with Gasteiger partial charge in [-0.2, -0.15) is 0 Å². The number of anilines is 1. The van der Waals surface area contributed by atoms with Crippen LogP contribution in [-0.2, 0) is 9.53 Å². The summed E-state index contributed by atoms with van der Waals surface area (Å²) in [5.41, 5.74) is 2.34. The smallest absolute Gasteiger partial charge is 0.410 e. The van der Waals surface area contributed by atoms with Gasteiger partial charge in [0.05, 0.1) is 0 Å². The topological polar surface area (TPSA) is 58.6 Å². The molecule has 0 saturated carbocycles. The summed E-state index contributed by atoms with van der Waals surface area (Å²) in [5, 5.41) is 5.36. The Kier molecular flexibility index (Phi) is 5.68. The number of carbonyl (C=O) groups is 2. The highest BCUT2D eigenvalue weighted by Gasteiger charge is 2.36. The number of benzene rings is 3. The zero-order chi connectivity index (χ0) is 22.0. The monoisotopic (exact) mass is 416 g/mol. The van der Waals surface area contributed by atoms with Gasteiger partial charge < -0.3 is 10.1 Å². The van der Waals surface area contributed by atoms with E-state index in [4.69, 9.17) is 4.74 Å². The number of hydrogen-bond acceptors (Lipinski definition) is 3. The van der Waals surface area contributed by atoms with E-state index in [2.05, 4.69) is 35.6 Å². The van der Waals surface area contributed by atoms with Crippen molar-refractivity contribution in [3.63, 3.8) is 0 Å². The lowest BCUT2D eigenvalue weighted by Gasteiger charge is -2.28. The van der Waals surface area contributed by atoms with Crippen molar-refractivity contribution in [2.24, 2.45) is 0 Å². The molecule has 1 heterocycles. The molecule has 4 rings (SSSR count). The van der Waals surface area contributed by atoms with E-state index < -0.39 is 17.7 Å². The molecule has 2 amide bonds. The summed E-state index contributed by atoms with van der Waals surface area (Å²) < 4.78 is 5.45. The van der Waals surface area contributed by atoms with Crippen LogP contribution in [0.3, 0.4) is 0 Å². The molecule has 1 aliphatic heterocycles. The molecule has 0 spiro atoms. The number of fused-ring (bicyclic) bond motifs is 1. The first-order valence-corrected chi connectivity index (χ1v) is 10.7. The minimum Gasteiger partial charge on any atom is -0.444 e. The van der Waals surface area contributed by atoms with Gasteiger partial charge in [-0.3, -0.25) is 9.69 Å². The van der Waals surface area contributed by atoms with E-state index >= 15 is 0 Å². The molecule has 0 bridgehead atoms. The van der Waals surface area contributed by atoms with Crippen LogP contribution in [0.1, 0.15) is 33.6 Å². The second-order valence-electron chi connectivity index (χ2n) is 8.96. The number of carbonyl (C=O) groups excluding carboxylic acids is 2. The Labute approximate surface area is 183 Å². The summed E-state index contributed by atoms with van der Waals surface area (Å²) in [6.45, 7) is 6.02. The Morgan fingerprint density at radius 2 is 1.61 bits per heavy atom. The second kappa shape index (κ2) is 8.42. The fourth-order valence-electron chi connectivity index (χ4n) is 3.92. The van der Waals surface area contributed by atoms with Crippen LogP contribution in [0, 0.1) is 0 Å². The summed E-state index contributed by atoms with van der Waals surface area (Å²) in [6, 6.07) is 22.0. The maximum atomic E-state index is 12.8. The van der Waals surface area contributed by atoms with Crippen molar-refractivity contribution < 1.29 is 14.3 Å². The minimum absolute atomic E-state index is 0.179. The van der Waals surface area contributed by atoms with Crippen molar-refractivity contribution in [2.45, 2.75) is 45.3 Å². The summed E-state index contributed by atoms with van der Waals surface area (Å²) >= 11 is 0. The Hall–Kier alpha value is -3.34. The maximum Gasteiger partial charge on any atom is 0.410 e. The van der Waals surface area contributed by atoms with Crippen molar-refractivity contribution in [2.75, 3.05) is 11.9 Å². The molecule has 1 aliphatic rings. The average molecular weight is 417 g/mol. The van der Waals surface area contributed by atoms with E-state index in [0.29, 0.717) is 18.7 Å². The van der Waals surface area contributed by atoms with Crippen LogP contribution in [0.15, 0.2) is 66.7 Å². The van der Waals surface area contributed by atoms with Gasteiger partial charge in [-0.05, 0) is 73.7 Å². The first-order chi connectivity index (χ1) is 14.8. The summed E-state index contributed by atoms with van der Waals surface area (Å²) in [6.07, 6.45) is 0.996. The Morgan fingerprint density at radius 1 is 0.935 bits per heavy atom. The number of hydrogen-bond donors (Lipinski definition) is 1. The summed E-state index contributed by atoms with van der Waals surface area (Å²) in [7, 11) is 0. The van der Waals surface area contributed by atoms with Gasteiger partial charge >= 0.3 is 6.09 Å². The molecule has 31 heavy (non-hydrogen) atoms. The third-order valence-electron chi connectivity index (χ3n) is 5.42. The number of likely N-dealkylation sites (tertiary alicyclic amines) is 1. The predicted octanol–water partition coefficient (Wildman–Crippen LogP) is 5.84. The molecule has 0 unspecified atom stereocenters. The first kappa shape index (κ1) is 20.9. The second-order valence-corrected chi connectivity index (χ2v) is 8.96. The first-order valence-electron chi connectivity index (χ1n) is 10.7. The standard InChI is InChI=1S/C26H28N2O3/c1-26(2,3)31-25(30)28-16-6-9-23(28)24(29)27-22-14-12-19(13-15-22)21-11-10-18-7-4-5-8-20(18)17-21/h4-5,7-8,10-15,17,23H,6,9,16H2,1-3H3,(H,27,29)/t23-/m1/s1. The molecular weight excluding hydrogens is 388 g/mol. The van der Waals surface area contributed by atoms with Gasteiger partial charge in [-0.25, -0.2) is 4.79 Å². The quantitative estimate of drug-likeness (QED) is 0.583. The molecular formula is C26H28N2O3. The van der Waals surface area contributed by atoms with Crippen LogP contribution < -0.4 is 5.32 Å². The minimum atomic E-state index is -0.584. The SMILES string of the molecule is CC(C)(C)OC(=O)N1CCC[C@@H]1C(=O)Nc1ccc(-c2ccc3ccccc3c2)cc1. The van der Waals surface area contributed by atoms with E-state index in [9.17, 15) is 9.59 Å². The number of ether oxygens (including phenoxy) is 1. The van der Waals surface area contributed by atoms with Crippen LogP contribution in [0.4, 0.5) is 10.5 Å². The molecule has 1 fully saturated rings. The zero-order valence-corrected chi connectivity index (χ0v) is 18.2. The fourth-order valence-corrected chi connectivity index (χ4v) is 3.92. The third-order valence-corrected chi connectivity index (χ3v) is 5.42. The van der Waals surface area contributed by atoms with Crippen molar-refractivity contribution in [3.8, 4) is 11.1 Å². The Morgan fingerprint density at radius 3 is 2.32 bits per heavy atom. The van der Waals surface area contributed by atoms with Crippen LogP contribution in [0.5, 0.6) is 0 Å². The highest BCUT2D eigenvalue weighted by atomic mass is 16.6. The summed E-state index contributed by atoms with van der Waals surface area (Å²) in [5.74, 6) is -0.179. The van der Waals surface area contributed by atoms with Gasteiger partial charge in [0.15, 0.2) is 0 Å². The van der Waals surface area contributed by atoms with Crippen molar-refractivity contribution in [3.05, 3.63) is 66.7 Å². The number of rotatable bonds is 3. The number of nitrogens with one attached hydrogen (secondary N) is 1. The molecule has 0 aliphatic carbocycles. The molecule has 1 atom stereocenters. The van der Waals surface area contributed by atoms with Crippen molar-refractivity contribution >= 4 is 28.5 Å². The highest BCUT2D eigenvalue weighted by Crippen LogP contribution is 2.27. The van der Waals surface area contributed by atoms with Gasteiger partial charge in [-0.1, -0.05) is 48.5 Å². The van der Waals surface area contributed by atoms with Crippen molar-refractivity contribution in [1.29, 1.82) is 0 Å². The van der Waals surface area contributed by atoms with Gasteiger partial charge in [-0.15, -0.1) is 0 Å². The van der Waals surface area contributed by atoms with Gasteiger partial charge in [0.25, 0.3) is 0 Å². The normalized spacial score (nSPS) is 16.4. The van der Waals surface area contributed by atoms with Crippen LogP contribution in [0.2, 0.25) is 0 Å². The van der Waals surface area contributed by atoms with Crippen molar-refractivity contribution in [1.82, 2.24) is 4.90 Å². The number of amides is 2. The van der Waals surface area contributed by atoms with Gasteiger partial charge in [0.2, 0.25) is 5.91 Å². The van der Waals surface area contributed by atoms with Gasteiger partial charge in [0, 0.05) is 12.2 Å². The Balaban J connectivity index is 1.44.